The van der Waals surface area contributed by atoms with Crippen LogP contribution in [0.25, 0.3) is 12.2 Å². The molecule has 45 heteroatoms. The summed E-state index contributed by atoms with van der Waals surface area (Å²) in [6, 6.07) is 31.4. The number of aliphatic carboxylic acids is 3. The molecule has 0 aliphatic carbocycles. The number of phosphoric ester groups is 3. The molecule has 4 aromatic rings. The summed E-state index contributed by atoms with van der Waals surface area (Å²) in [4.78, 5) is 163. The van der Waals surface area contributed by atoms with Gasteiger partial charge in [0.1, 0.15) is 45.7 Å². The predicted octanol–water partition coefficient (Wildman–Crippen LogP) is 10.7. The van der Waals surface area contributed by atoms with Gasteiger partial charge in [0.05, 0.1) is 42.6 Å². The van der Waals surface area contributed by atoms with Gasteiger partial charge in [-0.25, -0.2) is 61.6 Å². The van der Waals surface area contributed by atoms with Crippen LogP contribution in [-0.4, -0.2) is 194 Å². The smallest absolute Gasteiger partial charge is 0.469 e. The highest BCUT2D eigenvalue weighted by Crippen LogP contribution is 2.38. The van der Waals surface area contributed by atoms with E-state index < -0.39 is 97.6 Å². The molecule has 678 valence electrons. The fourth-order valence-corrected chi connectivity index (χ4v) is 6.69. The molecule has 0 bridgehead atoms. The molecule has 1 unspecified atom stereocenters. The predicted molar refractivity (Wildman–Crippen MR) is 445 cm³/mol. The van der Waals surface area contributed by atoms with Gasteiger partial charge in [0.2, 0.25) is 0 Å². The van der Waals surface area contributed by atoms with E-state index in [-0.39, 0.29) is 91.2 Å². The van der Waals surface area contributed by atoms with Gasteiger partial charge >= 0.3 is 89.1 Å². The fourth-order valence-electron chi connectivity index (χ4n) is 5.05. The van der Waals surface area contributed by atoms with Gasteiger partial charge in [-0.3, -0.25) is 27.5 Å². The van der Waals surface area contributed by atoms with Crippen molar-refractivity contribution >= 4 is 122 Å². The number of ether oxygens (including phenoxy) is 7. The molecule has 122 heavy (non-hydrogen) atoms. The number of carboxylic acid groups (broad SMARTS) is 4. The first-order valence-corrected chi connectivity index (χ1v) is 40.6. The van der Waals surface area contributed by atoms with E-state index in [9.17, 15) is 83.3 Å². The number of rotatable bonds is 33. The Hall–Kier alpha value is -11.9. The van der Waals surface area contributed by atoms with Crippen LogP contribution in [0.2, 0.25) is 0 Å². The molecule has 0 radical (unpaired) electrons. The molecule has 0 fully saturated rings. The van der Waals surface area contributed by atoms with E-state index in [0.717, 1.165) is 40.5 Å². The van der Waals surface area contributed by atoms with Gasteiger partial charge in [-0.05, 0) is 95.0 Å². The second-order valence-electron chi connectivity index (χ2n) is 21.9. The van der Waals surface area contributed by atoms with Crippen LogP contribution in [0.3, 0.4) is 0 Å². The summed E-state index contributed by atoms with van der Waals surface area (Å²) in [7, 11) is -20.1. The zero-order valence-electron chi connectivity index (χ0n) is 67.7. The molecular formula is C77H103O40P3S2. The average molecular weight is 1830 g/mol. The fraction of sp³-hybridized carbons (Fsp3) is 0.234. The minimum atomic E-state index is -4.52. The first-order chi connectivity index (χ1) is 56.0. The lowest BCUT2D eigenvalue weighted by molar-refractivity contribution is -0.143. The topological polar surface area (TPSA) is 642 Å². The summed E-state index contributed by atoms with van der Waals surface area (Å²) in [6.07, 6.45) is 5.21. The summed E-state index contributed by atoms with van der Waals surface area (Å²) >= 11 is 0. The number of benzene rings is 4. The Kier molecular flexibility index (Phi) is 74.1. The van der Waals surface area contributed by atoms with Gasteiger partial charge in [-0.2, -0.15) is 16.8 Å². The minimum absolute atomic E-state index is 0.0970. The molecule has 4 rings (SSSR count). The summed E-state index contributed by atoms with van der Waals surface area (Å²) in [5.41, 5.74) is 5.69. The molecule has 0 spiro atoms. The molecule has 0 aliphatic rings. The summed E-state index contributed by atoms with van der Waals surface area (Å²) in [6.45, 7) is 48.9. The molecule has 12 N–H and O–H groups in total. The van der Waals surface area contributed by atoms with Gasteiger partial charge in [-0.1, -0.05) is 176 Å². The lowest BCUT2D eigenvalue weighted by Gasteiger charge is -2.13. The first kappa shape index (κ1) is 126. The van der Waals surface area contributed by atoms with E-state index in [2.05, 4.69) is 116 Å². The van der Waals surface area contributed by atoms with Crippen molar-refractivity contribution in [1.82, 2.24) is 0 Å². The third kappa shape index (κ3) is 93.6. The highest BCUT2D eigenvalue weighted by atomic mass is 32.2. The first-order valence-electron chi connectivity index (χ1n) is 33.1. The molecule has 0 saturated heterocycles. The van der Waals surface area contributed by atoms with Crippen molar-refractivity contribution in [3.05, 3.63) is 273 Å². The lowest BCUT2D eigenvalue weighted by atomic mass is 10.1. The molecule has 4 aromatic carbocycles. The number of esters is 7. The van der Waals surface area contributed by atoms with Gasteiger partial charge < -0.3 is 82.9 Å². The van der Waals surface area contributed by atoms with Gasteiger partial charge in [0.15, 0.2) is 0 Å². The molecule has 0 amide bonds. The highest BCUT2D eigenvalue weighted by Gasteiger charge is 2.20. The van der Waals surface area contributed by atoms with Crippen molar-refractivity contribution in [2.45, 2.75) is 79.1 Å². The largest absolute Gasteiger partial charge is 0.481 e. The Labute approximate surface area is 705 Å². The average Bonchev–Trinajstić information content (AvgIpc) is 0.857. The zero-order chi connectivity index (χ0) is 96.8. The monoisotopic (exact) mass is 1820 g/mol. The summed E-state index contributed by atoms with van der Waals surface area (Å²) < 4.78 is 131. The van der Waals surface area contributed by atoms with Crippen LogP contribution in [-0.2, 0) is 142 Å². The summed E-state index contributed by atoms with van der Waals surface area (Å²) in [5, 5.41) is 32.6. The van der Waals surface area contributed by atoms with Crippen LogP contribution in [0.5, 0.6) is 0 Å². The Morgan fingerprint density at radius 2 is 0.746 bits per heavy atom. The maximum absolute atomic E-state index is 11.0. The van der Waals surface area contributed by atoms with Crippen molar-refractivity contribution in [3.63, 3.8) is 0 Å². The van der Waals surface area contributed by atoms with Crippen LogP contribution in [0.15, 0.2) is 250 Å². The Morgan fingerprint density at radius 3 is 1.00 bits per heavy atom. The van der Waals surface area contributed by atoms with Crippen molar-refractivity contribution in [2.75, 3.05) is 46.8 Å². The molecule has 0 aliphatic heterocycles. The molecule has 0 aromatic heterocycles. The second-order valence-corrected chi connectivity index (χ2v) is 28.3. The number of methoxy groups -OCH3 is 1. The quantitative estimate of drug-likeness (QED) is 0.00526. The number of hydrogen-bond acceptors (Lipinski definition) is 28. The lowest BCUT2D eigenvalue weighted by Crippen LogP contribution is -2.18. The third-order valence-electron chi connectivity index (χ3n) is 10.7. The standard InChI is InChI=1S/C11H12O2.C10H10O2.C9H8O2.C8H8O3S.C7H13O6P.2C6H11O6P.C6H8O4.C5H8O2.C4H6O2.C3H4O2.C2H4O3S/c1-9(2)11(12)13-8-10-6-4-3-5-7-10;1-2-10(11)12-8-9-6-4-3-5-7-9;1-2-7-3-5-8(6-4-7)9(10)11;1-2-7-3-5-8(6-4-7)12(9,10)11;1-5(2)7(8)12-4-6(3)13-14(9,10)11;2*1-5(2)6(7)11-3-4-12-13(8,9)10;1-2-6(9)10-4-3-5(7)8;1-4(2)5(6)7-3;1-3(2)4(5)6;1-2-3(4)5;1-2-6(3,4)5/h3-7H,1,8H2,2H3;2-7H,1,8H2;2-6H,1H2,(H,10,11);2-6H,1H2,(H,9,10,11);6H,1,4H2,2-3H3,(H2,9,10,11);2*1,3-4H2,2H3,(H2,8,9,10);2H,1,3-4H2,(H,7,8);1H2,2-3H3;1H2,2H3,(H,5,6);2H,1H2,(H,4,5);2H,1H2,(H,3,4,5). The van der Waals surface area contributed by atoms with Gasteiger partial charge in [0.25, 0.3) is 20.2 Å². The molecule has 0 heterocycles. The van der Waals surface area contributed by atoms with Crippen LogP contribution in [0, 0.1) is 0 Å². The van der Waals surface area contributed by atoms with E-state index in [1.807, 2.05) is 60.7 Å². The minimum Gasteiger partial charge on any atom is -0.481 e. The van der Waals surface area contributed by atoms with Gasteiger partial charge in [-0.15, -0.1) is 0 Å². The Bertz CT molecular complexity index is 4390. The normalized spacial score (nSPS) is 9.97. The van der Waals surface area contributed by atoms with Gasteiger partial charge in [0, 0.05) is 51.7 Å². The second kappa shape index (κ2) is 71.9. The number of carbonyl (C=O) groups excluding carboxylic acids is 7. The van der Waals surface area contributed by atoms with Crippen LogP contribution in [0.4, 0.5) is 0 Å². The molecule has 0 saturated carbocycles. The van der Waals surface area contributed by atoms with Crippen molar-refractivity contribution in [1.29, 1.82) is 0 Å². The van der Waals surface area contributed by atoms with E-state index >= 15 is 0 Å². The van der Waals surface area contributed by atoms with E-state index in [1.165, 1.54) is 53.9 Å². The summed E-state index contributed by atoms with van der Waals surface area (Å²) in [5.74, 6) is -7.34. The maximum atomic E-state index is 11.0. The van der Waals surface area contributed by atoms with E-state index in [1.54, 1.807) is 62.4 Å². The number of phosphoric acid groups is 3. The Morgan fingerprint density at radius 1 is 0.426 bits per heavy atom. The van der Waals surface area contributed by atoms with Crippen molar-refractivity contribution in [3.8, 4) is 0 Å². The van der Waals surface area contributed by atoms with Crippen LogP contribution < -0.4 is 0 Å². The van der Waals surface area contributed by atoms with E-state index in [0.29, 0.717) is 35.3 Å². The maximum Gasteiger partial charge on any atom is 0.469 e. The van der Waals surface area contributed by atoms with Crippen molar-refractivity contribution in [2.24, 2.45) is 0 Å². The van der Waals surface area contributed by atoms with Crippen LogP contribution in [0.1, 0.15) is 87.5 Å². The van der Waals surface area contributed by atoms with Crippen LogP contribution >= 0.6 is 23.5 Å². The SMILES string of the molecule is C=C(C)C(=O)O.C=C(C)C(=O)OC.C=C(C)C(=O)OCC(C)OP(=O)(O)O.C=C(C)C(=O)OCCOP(=O)(O)O.C=C(C)C(=O)OCCOP(=O)(O)O.C=C(C)C(=O)OCc1ccccc1.C=CC(=O)O.C=CC(=O)OCCC(=O)O.C=CC(=O)OCc1ccccc1.C=CS(=O)(=O)O.C=Cc1ccc(C(=O)O)cc1.C=Cc1ccc(S(=O)(=O)O)cc1. The molecular weight excluding hydrogens is 1720 g/mol. The third-order valence-corrected chi connectivity index (χ3v) is 13.7. The Balaban J connectivity index is -0.000000196. The molecule has 40 nitrogen and oxygen atoms in total. The number of aromatic carboxylic acids is 1. The highest BCUT2D eigenvalue weighted by molar-refractivity contribution is 7.88. The van der Waals surface area contributed by atoms with E-state index in [4.69, 9.17) is 68.4 Å². The van der Waals surface area contributed by atoms with Crippen molar-refractivity contribution < 1.29 is 189 Å². The number of carbonyl (C=O) groups is 11. The number of carboxylic acids is 4. The molecule has 1 atom stereocenters. The zero-order valence-corrected chi connectivity index (χ0v) is 72.1. The number of hydrogen-bond donors (Lipinski definition) is 12.